The van der Waals surface area contributed by atoms with E-state index in [0.29, 0.717) is 11.6 Å². The fourth-order valence-electron chi connectivity index (χ4n) is 2.44. The van der Waals surface area contributed by atoms with Crippen molar-refractivity contribution in [1.82, 2.24) is 15.0 Å². The van der Waals surface area contributed by atoms with Crippen LogP contribution in [0.5, 0.6) is 0 Å². The third kappa shape index (κ3) is 2.13. The molecule has 3 rings (SSSR count). The molecule has 0 bridgehead atoms. The van der Waals surface area contributed by atoms with Crippen molar-refractivity contribution in [3.05, 3.63) is 24.5 Å². The standard InChI is InChI=1S/C13H16N4O/c18-9-10-2-1-7-17(8-10)12-4-3-11-13(16-12)15-6-5-14-11/h3-6,10,18H,1-2,7-9H2/t10-/m1/s1. The van der Waals surface area contributed by atoms with Crippen LogP contribution in [0.2, 0.25) is 0 Å². The van der Waals surface area contributed by atoms with Crippen LogP contribution in [0.1, 0.15) is 12.8 Å². The Morgan fingerprint density at radius 3 is 3.06 bits per heavy atom. The molecule has 1 aliphatic heterocycles. The largest absolute Gasteiger partial charge is 0.396 e. The fourth-order valence-corrected chi connectivity index (χ4v) is 2.44. The molecular formula is C13H16N4O. The second-order valence-corrected chi connectivity index (χ2v) is 4.71. The minimum absolute atomic E-state index is 0.254. The lowest BCUT2D eigenvalue weighted by Crippen LogP contribution is -2.37. The Labute approximate surface area is 106 Å². The molecule has 0 amide bonds. The molecule has 0 aliphatic carbocycles. The van der Waals surface area contributed by atoms with Gasteiger partial charge in [0.2, 0.25) is 0 Å². The van der Waals surface area contributed by atoms with Gasteiger partial charge in [0, 0.05) is 32.1 Å². The lowest BCUT2D eigenvalue weighted by atomic mass is 9.99. The number of hydrogen-bond donors (Lipinski definition) is 1. The first-order chi connectivity index (χ1) is 8.86. The Kier molecular flexibility index (Phi) is 3.06. The maximum Gasteiger partial charge on any atom is 0.180 e. The van der Waals surface area contributed by atoms with E-state index in [1.54, 1.807) is 12.4 Å². The van der Waals surface area contributed by atoms with Gasteiger partial charge in [0.05, 0.1) is 0 Å². The average Bonchev–Trinajstić information content (AvgIpc) is 2.47. The SMILES string of the molecule is OC[C@@H]1CCCN(c2ccc3nccnc3n2)C1. The molecule has 2 aromatic heterocycles. The second-order valence-electron chi connectivity index (χ2n) is 4.71. The Bertz CT molecular complexity index is 545. The molecule has 0 spiro atoms. The lowest BCUT2D eigenvalue weighted by molar-refractivity contribution is 0.208. The highest BCUT2D eigenvalue weighted by Gasteiger charge is 2.20. The van der Waals surface area contributed by atoms with Crippen molar-refractivity contribution in [2.45, 2.75) is 12.8 Å². The Balaban J connectivity index is 1.89. The molecule has 0 saturated carbocycles. The minimum Gasteiger partial charge on any atom is -0.396 e. The number of piperidine rings is 1. The van der Waals surface area contributed by atoms with E-state index in [4.69, 9.17) is 0 Å². The summed E-state index contributed by atoms with van der Waals surface area (Å²) in [5.41, 5.74) is 1.50. The molecule has 1 fully saturated rings. The molecule has 0 radical (unpaired) electrons. The zero-order valence-electron chi connectivity index (χ0n) is 10.2. The Morgan fingerprint density at radius 2 is 2.17 bits per heavy atom. The quantitative estimate of drug-likeness (QED) is 0.861. The highest BCUT2D eigenvalue weighted by Crippen LogP contribution is 2.22. The van der Waals surface area contributed by atoms with Gasteiger partial charge in [0.25, 0.3) is 0 Å². The summed E-state index contributed by atoms with van der Waals surface area (Å²) in [5, 5.41) is 9.26. The molecule has 0 unspecified atom stereocenters. The van der Waals surface area contributed by atoms with E-state index in [2.05, 4.69) is 19.9 Å². The number of aliphatic hydroxyl groups excluding tert-OH is 1. The Hall–Kier alpha value is -1.75. The summed E-state index contributed by atoms with van der Waals surface area (Å²) in [6.45, 7) is 2.12. The van der Waals surface area contributed by atoms with Gasteiger partial charge in [-0.1, -0.05) is 0 Å². The molecule has 5 heteroatoms. The molecule has 94 valence electrons. The van der Waals surface area contributed by atoms with Crippen LogP contribution in [0.3, 0.4) is 0 Å². The summed E-state index contributed by atoms with van der Waals surface area (Å²) < 4.78 is 0. The van der Waals surface area contributed by atoms with Crippen LogP contribution < -0.4 is 4.90 Å². The average molecular weight is 244 g/mol. The number of aromatic nitrogens is 3. The van der Waals surface area contributed by atoms with Crippen molar-refractivity contribution >= 4 is 17.0 Å². The van der Waals surface area contributed by atoms with Gasteiger partial charge in [-0.3, -0.25) is 4.98 Å². The van der Waals surface area contributed by atoms with Crippen LogP contribution in [-0.2, 0) is 0 Å². The smallest absolute Gasteiger partial charge is 0.180 e. The zero-order valence-corrected chi connectivity index (χ0v) is 10.2. The van der Waals surface area contributed by atoms with Crippen LogP contribution in [-0.4, -0.2) is 39.8 Å². The van der Waals surface area contributed by atoms with E-state index < -0.39 is 0 Å². The van der Waals surface area contributed by atoms with Crippen LogP contribution in [0, 0.1) is 5.92 Å². The van der Waals surface area contributed by atoms with Gasteiger partial charge in [-0.05, 0) is 30.9 Å². The third-order valence-electron chi connectivity index (χ3n) is 3.42. The van der Waals surface area contributed by atoms with Crippen LogP contribution in [0.15, 0.2) is 24.5 Å². The molecule has 5 nitrogen and oxygen atoms in total. The van der Waals surface area contributed by atoms with E-state index >= 15 is 0 Å². The van der Waals surface area contributed by atoms with Crippen molar-refractivity contribution in [2.24, 2.45) is 5.92 Å². The summed E-state index contributed by atoms with van der Waals surface area (Å²) in [6, 6.07) is 3.93. The number of rotatable bonds is 2. The highest BCUT2D eigenvalue weighted by molar-refractivity contribution is 5.71. The second kappa shape index (κ2) is 4.86. The molecule has 1 aliphatic rings. The Morgan fingerprint density at radius 1 is 1.28 bits per heavy atom. The normalized spacial score (nSPS) is 20.3. The predicted octanol–water partition coefficient (Wildman–Crippen LogP) is 1.23. The summed E-state index contributed by atoms with van der Waals surface area (Å²) in [5.74, 6) is 1.29. The van der Waals surface area contributed by atoms with Crippen LogP contribution >= 0.6 is 0 Å². The van der Waals surface area contributed by atoms with E-state index in [0.717, 1.165) is 37.3 Å². The molecule has 0 aromatic carbocycles. The number of pyridine rings is 1. The summed E-state index contributed by atoms with van der Waals surface area (Å²) >= 11 is 0. The van der Waals surface area contributed by atoms with Gasteiger partial charge in [-0.15, -0.1) is 0 Å². The van der Waals surface area contributed by atoms with Crippen molar-refractivity contribution in [3.8, 4) is 0 Å². The monoisotopic (exact) mass is 244 g/mol. The van der Waals surface area contributed by atoms with Crippen LogP contribution in [0.25, 0.3) is 11.2 Å². The van der Waals surface area contributed by atoms with E-state index in [9.17, 15) is 5.11 Å². The van der Waals surface area contributed by atoms with E-state index in [1.807, 2.05) is 12.1 Å². The number of aliphatic hydroxyl groups is 1. The van der Waals surface area contributed by atoms with Crippen molar-refractivity contribution in [2.75, 3.05) is 24.6 Å². The van der Waals surface area contributed by atoms with Gasteiger partial charge in [-0.2, -0.15) is 0 Å². The fraction of sp³-hybridized carbons (Fsp3) is 0.462. The third-order valence-corrected chi connectivity index (χ3v) is 3.42. The van der Waals surface area contributed by atoms with Crippen LogP contribution in [0.4, 0.5) is 5.82 Å². The molecular weight excluding hydrogens is 228 g/mol. The number of hydrogen-bond acceptors (Lipinski definition) is 5. The van der Waals surface area contributed by atoms with Gasteiger partial charge >= 0.3 is 0 Å². The minimum atomic E-state index is 0.254. The van der Waals surface area contributed by atoms with Gasteiger partial charge in [-0.25, -0.2) is 9.97 Å². The number of fused-ring (bicyclic) bond motifs is 1. The maximum absolute atomic E-state index is 9.26. The number of nitrogens with zero attached hydrogens (tertiary/aromatic N) is 4. The van der Waals surface area contributed by atoms with Gasteiger partial charge in [0.1, 0.15) is 11.3 Å². The predicted molar refractivity (Wildman–Crippen MR) is 69.4 cm³/mol. The number of anilines is 1. The molecule has 1 atom stereocenters. The molecule has 18 heavy (non-hydrogen) atoms. The topological polar surface area (TPSA) is 62.1 Å². The first-order valence-corrected chi connectivity index (χ1v) is 6.30. The molecule has 3 heterocycles. The van der Waals surface area contributed by atoms with E-state index in [1.165, 1.54) is 0 Å². The first kappa shape index (κ1) is 11.3. The molecule has 1 saturated heterocycles. The molecule has 2 aromatic rings. The summed E-state index contributed by atoms with van der Waals surface area (Å²) in [4.78, 5) is 15.2. The van der Waals surface area contributed by atoms with Crippen molar-refractivity contribution in [1.29, 1.82) is 0 Å². The van der Waals surface area contributed by atoms with Crippen molar-refractivity contribution < 1.29 is 5.11 Å². The van der Waals surface area contributed by atoms with E-state index in [-0.39, 0.29) is 6.61 Å². The summed E-state index contributed by atoms with van der Waals surface area (Å²) in [7, 11) is 0. The zero-order chi connectivity index (χ0) is 12.4. The molecule has 1 N–H and O–H groups in total. The first-order valence-electron chi connectivity index (χ1n) is 6.30. The van der Waals surface area contributed by atoms with Gasteiger partial charge < -0.3 is 10.0 Å². The van der Waals surface area contributed by atoms with Crippen molar-refractivity contribution in [3.63, 3.8) is 0 Å². The highest BCUT2D eigenvalue weighted by atomic mass is 16.3. The lowest BCUT2D eigenvalue weighted by Gasteiger charge is -2.32. The maximum atomic E-state index is 9.26. The van der Waals surface area contributed by atoms with Gasteiger partial charge in [0.15, 0.2) is 5.65 Å². The summed E-state index contributed by atoms with van der Waals surface area (Å²) in [6.07, 6.45) is 5.53.